The first kappa shape index (κ1) is 10.9. The maximum absolute atomic E-state index is 4.12. The molecule has 1 aliphatic rings. The molecule has 17 heavy (non-hydrogen) atoms. The second-order valence-corrected chi connectivity index (χ2v) is 5.03. The molecule has 1 fully saturated rings. The molecule has 0 spiro atoms. The minimum absolute atomic E-state index is 0.603. The Balaban J connectivity index is 1.63. The Labute approximate surface area is 104 Å². The maximum Gasteiger partial charge on any atom is 0.0946 e. The molecule has 0 amide bonds. The van der Waals surface area contributed by atoms with E-state index in [1.54, 1.807) is 0 Å². The van der Waals surface area contributed by atoms with Gasteiger partial charge in [0.15, 0.2) is 0 Å². The molecular weight excluding hydrogens is 234 g/mol. The Kier molecular flexibility index (Phi) is 3.15. The fraction of sp³-hybridized carbons (Fsp3) is 0.545. The van der Waals surface area contributed by atoms with Crippen molar-refractivity contribution in [2.45, 2.75) is 32.0 Å². The topological polar surface area (TPSA) is 46.8 Å². The van der Waals surface area contributed by atoms with Gasteiger partial charge in [-0.25, -0.2) is 4.98 Å². The summed E-state index contributed by atoms with van der Waals surface area (Å²) < 4.78 is 6.07. The molecule has 1 saturated heterocycles. The first-order chi connectivity index (χ1) is 8.42. The van der Waals surface area contributed by atoms with Gasteiger partial charge >= 0.3 is 0 Å². The Morgan fingerprint density at radius 1 is 1.47 bits per heavy atom. The van der Waals surface area contributed by atoms with Gasteiger partial charge in [0, 0.05) is 36.9 Å². The molecule has 5 nitrogen and oxygen atoms in total. The molecule has 0 saturated carbocycles. The van der Waals surface area contributed by atoms with Crippen LogP contribution in [0.3, 0.4) is 0 Å². The molecule has 90 valence electrons. The summed E-state index contributed by atoms with van der Waals surface area (Å²) in [5.41, 5.74) is 1.09. The van der Waals surface area contributed by atoms with Crippen LogP contribution < -0.4 is 0 Å². The number of likely N-dealkylation sites (tertiary alicyclic amines) is 1. The average Bonchev–Trinajstić information content (AvgIpc) is 3.04. The molecule has 0 aromatic carbocycles. The van der Waals surface area contributed by atoms with Crippen molar-refractivity contribution in [1.29, 1.82) is 0 Å². The van der Waals surface area contributed by atoms with Crippen LogP contribution in [0.1, 0.15) is 18.5 Å². The van der Waals surface area contributed by atoms with Gasteiger partial charge in [-0.2, -0.15) is 0 Å². The monoisotopic (exact) mass is 249 g/mol. The van der Waals surface area contributed by atoms with Crippen LogP contribution in [0.2, 0.25) is 0 Å². The third kappa shape index (κ3) is 2.53. The lowest BCUT2D eigenvalue weighted by Gasteiger charge is -2.23. The minimum Gasteiger partial charge on any atom is -0.336 e. The smallest absolute Gasteiger partial charge is 0.0946 e. The summed E-state index contributed by atoms with van der Waals surface area (Å²) in [6.07, 6.45) is 8.29. The first-order valence-corrected chi connectivity index (χ1v) is 6.71. The first-order valence-electron chi connectivity index (χ1n) is 5.87. The lowest BCUT2D eigenvalue weighted by molar-refractivity contribution is 0.222. The van der Waals surface area contributed by atoms with E-state index >= 15 is 0 Å². The van der Waals surface area contributed by atoms with E-state index < -0.39 is 0 Å². The van der Waals surface area contributed by atoms with Crippen LogP contribution in [0.15, 0.2) is 24.1 Å². The Hall–Kier alpha value is -1.27. The van der Waals surface area contributed by atoms with Crippen LogP contribution >= 0.6 is 11.5 Å². The molecule has 2 aromatic rings. The van der Waals surface area contributed by atoms with Gasteiger partial charge in [0.05, 0.1) is 12.0 Å². The van der Waals surface area contributed by atoms with E-state index in [1.807, 2.05) is 24.1 Å². The summed E-state index contributed by atoms with van der Waals surface area (Å²) >= 11 is 1.43. The lowest BCUT2D eigenvalue weighted by Crippen LogP contribution is -2.32. The molecule has 0 bridgehead atoms. The zero-order valence-corrected chi connectivity index (χ0v) is 10.4. The van der Waals surface area contributed by atoms with E-state index in [4.69, 9.17) is 0 Å². The van der Waals surface area contributed by atoms with Gasteiger partial charge in [-0.05, 0) is 30.9 Å². The molecule has 6 heteroatoms. The second-order valence-electron chi connectivity index (χ2n) is 4.42. The van der Waals surface area contributed by atoms with Gasteiger partial charge in [0.25, 0.3) is 0 Å². The molecule has 0 aliphatic carbocycles. The van der Waals surface area contributed by atoms with E-state index in [2.05, 4.69) is 24.0 Å². The van der Waals surface area contributed by atoms with Crippen molar-refractivity contribution in [2.24, 2.45) is 0 Å². The predicted octanol–water partition coefficient (Wildman–Crippen LogP) is 1.40. The molecule has 1 aliphatic heterocycles. The van der Waals surface area contributed by atoms with Crippen LogP contribution in [0.5, 0.6) is 0 Å². The van der Waals surface area contributed by atoms with Crippen LogP contribution in [0.25, 0.3) is 0 Å². The van der Waals surface area contributed by atoms with Crippen molar-refractivity contribution < 1.29 is 0 Å². The van der Waals surface area contributed by atoms with Crippen LogP contribution in [-0.2, 0) is 13.1 Å². The maximum atomic E-state index is 4.12. The van der Waals surface area contributed by atoms with Crippen molar-refractivity contribution in [3.63, 3.8) is 0 Å². The Bertz CT molecular complexity index is 396. The number of hydrogen-bond acceptors (Lipinski definition) is 5. The Morgan fingerprint density at radius 3 is 3.24 bits per heavy atom. The summed E-state index contributed by atoms with van der Waals surface area (Å²) in [5, 5.41) is 6.15. The number of nitrogens with zero attached hydrogens (tertiary/aromatic N) is 5. The highest BCUT2D eigenvalue weighted by atomic mass is 32.1. The minimum atomic E-state index is 0.603. The Morgan fingerprint density at radius 2 is 2.47 bits per heavy atom. The zero-order valence-electron chi connectivity index (χ0n) is 9.57. The van der Waals surface area contributed by atoms with E-state index in [0.29, 0.717) is 6.04 Å². The highest BCUT2D eigenvalue weighted by Crippen LogP contribution is 2.21. The zero-order chi connectivity index (χ0) is 11.5. The molecule has 1 atom stereocenters. The average molecular weight is 249 g/mol. The number of aromatic nitrogens is 4. The highest BCUT2D eigenvalue weighted by Gasteiger charge is 2.25. The van der Waals surface area contributed by atoms with E-state index in [1.165, 1.54) is 24.4 Å². The van der Waals surface area contributed by atoms with Crippen molar-refractivity contribution in [3.05, 3.63) is 29.8 Å². The second kappa shape index (κ2) is 4.93. The van der Waals surface area contributed by atoms with Gasteiger partial charge in [0.2, 0.25) is 0 Å². The summed E-state index contributed by atoms with van der Waals surface area (Å²) in [4.78, 5) is 6.59. The lowest BCUT2D eigenvalue weighted by atomic mass is 10.2. The fourth-order valence-electron chi connectivity index (χ4n) is 2.41. The molecule has 0 N–H and O–H groups in total. The number of imidazole rings is 1. The normalized spacial score (nSPS) is 21.1. The fourth-order valence-corrected chi connectivity index (χ4v) is 2.85. The molecular formula is C11H15N5S. The summed E-state index contributed by atoms with van der Waals surface area (Å²) in [6.45, 7) is 3.12. The van der Waals surface area contributed by atoms with E-state index in [9.17, 15) is 0 Å². The van der Waals surface area contributed by atoms with Gasteiger partial charge < -0.3 is 4.57 Å². The van der Waals surface area contributed by atoms with Crippen molar-refractivity contribution in [1.82, 2.24) is 24.0 Å². The van der Waals surface area contributed by atoms with Crippen LogP contribution in [-0.4, -0.2) is 36.6 Å². The van der Waals surface area contributed by atoms with E-state index in [0.717, 1.165) is 25.3 Å². The molecule has 2 aromatic heterocycles. The predicted molar refractivity (Wildman–Crippen MR) is 65.6 cm³/mol. The number of hydrogen-bond donors (Lipinski definition) is 0. The van der Waals surface area contributed by atoms with Crippen molar-refractivity contribution in [2.75, 3.05) is 6.54 Å². The molecule has 3 rings (SSSR count). The van der Waals surface area contributed by atoms with Gasteiger partial charge in [-0.3, -0.25) is 4.90 Å². The summed E-state index contributed by atoms with van der Waals surface area (Å²) in [6, 6.07) is 0.603. The van der Waals surface area contributed by atoms with Crippen LogP contribution in [0.4, 0.5) is 0 Å². The summed E-state index contributed by atoms with van der Waals surface area (Å²) in [5.74, 6) is 0. The molecule has 3 heterocycles. The SMILES string of the molecule is c1cn(CC2CCCN2Cc2csnn2)cn1. The third-order valence-corrected chi connectivity index (χ3v) is 3.80. The highest BCUT2D eigenvalue weighted by molar-refractivity contribution is 7.03. The van der Waals surface area contributed by atoms with Crippen molar-refractivity contribution >= 4 is 11.5 Å². The summed E-state index contributed by atoms with van der Waals surface area (Å²) in [7, 11) is 0. The van der Waals surface area contributed by atoms with Gasteiger partial charge in [-0.15, -0.1) is 5.10 Å². The van der Waals surface area contributed by atoms with Crippen molar-refractivity contribution in [3.8, 4) is 0 Å². The standard InChI is InChI=1S/C11H15N5S/c1-2-11(7-15-5-3-12-9-15)16(4-1)6-10-8-17-14-13-10/h3,5,8-9,11H,1-2,4,6-7H2. The van der Waals surface area contributed by atoms with E-state index in [-0.39, 0.29) is 0 Å². The van der Waals surface area contributed by atoms with Crippen LogP contribution in [0, 0.1) is 0 Å². The molecule has 1 unspecified atom stereocenters. The quantitative estimate of drug-likeness (QED) is 0.821. The van der Waals surface area contributed by atoms with Gasteiger partial charge in [-0.1, -0.05) is 4.49 Å². The largest absolute Gasteiger partial charge is 0.336 e. The third-order valence-electron chi connectivity index (χ3n) is 3.25. The molecule has 0 radical (unpaired) electrons. The van der Waals surface area contributed by atoms with Gasteiger partial charge in [0.1, 0.15) is 0 Å². The number of rotatable bonds is 4.